The van der Waals surface area contributed by atoms with E-state index in [-0.39, 0.29) is 24.8 Å². The summed E-state index contributed by atoms with van der Waals surface area (Å²) in [6.45, 7) is 0.851. The Hall–Kier alpha value is -2.94. The number of aromatic nitrogens is 6. The van der Waals surface area contributed by atoms with Gasteiger partial charge in [-0.25, -0.2) is 17.7 Å². The van der Waals surface area contributed by atoms with Gasteiger partial charge < -0.3 is 10.6 Å². The molecule has 3 aromatic heterocycles. The lowest BCUT2D eigenvalue weighted by Crippen LogP contribution is -2.43. The quantitative estimate of drug-likeness (QED) is 0.540. The van der Waals surface area contributed by atoms with Crippen LogP contribution in [0, 0.1) is 5.92 Å². The van der Waals surface area contributed by atoms with Gasteiger partial charge in [0.1, 0.15) is 5.69 Å². The van der Waals surface area contributed by atoms with Crippen LogP contribution in [0.15, 0.2) is 12.4 Å². The number of H-pyrrole nitrogens is 1. The van der Waals surface area contributed by atoms with Crippen molar-refractivity contribution in [3.05, 3.63) is 18.1 Å². The van der Waals surface area contributed by atoms with Crippen molar-refractivity contribution in [2.75, 3.05) is 43.1 Å². The van der Waals surface area contributed by atoms with Crippen LogP contribution in [0.25, 0.3) is 16.9 Å². The van der Waals surface area contributed by atoms with E-state index in [1.54, 1.807) is 17.3 Å². The summed E-state index contributed by atoms with van der Waals surface area (Å²) in [6.07, 6.45) is 1.52. The Labute approximate surface area is 199 Å². The van der Waals surface area contributed by atoms with E-state index in [4.69, 9.17) is 10.7 Å². The zero-order valence-electron chi connectivity index (χ0n) is 19.0. The third-order valence-corrected chi connectivity index (χ3v) is 8.07. The summed E-state index contributed by atoms with van der Waals surface area (Å²) in [5.41, 5.74) is 7.95. The Morgan fingerprint density at radius 1 is 1.14 bits per heavy atom. The van der Waals surface area contributed by atoms with Crippen molar-refractivity contribution in [2.24, 2.45) is 5.92 Å². The first kappa shape index (κ1) is 23.8. The van der Waals surface area contributed by atoms with E-state index in [1.807, 2.05) is 0 Å². The molecule has 5 heterocycles. The molecule has 2 fully saturated rings. The summed E-state index contributed by atoms with van der Waals surface area (Å²) >= 11 is 0. The van der Waals surface area contributed by atoms with Crippen molar-refractivity contribution in [3.8, 4) is 11.3 Å². The second kappa shape index (κ2) is 8.62. The second-order valence-electron chi connectivity index (χ2n) is 9.12. The number of halogens is 3. The first-order valence-electron chi connectivity index (χ1n) is 11.3. The predicted molar refractivity (Wildman–Crippen MR) is 122 cm³/mol. The van der Waals surface area contributed by atoms with Gasteiger partial charge in [-0.2, -0.15) is 27.8 Å². The van der Waals surface area contributed by atoms with E-state index in [0.29, 0.717) is 67.3 Å². The zero-order valence-corrected chi connectivity index (χ0v) is 19.8. The van der Waals surface area contributed by atoms with Crippen molar-refractivity contribution in [1.29, 1.82) is 0 Å². The first-order chi connectivity index (χ1) is 16.5. The molecule has 11 nitrogen and oxygen atoms in total. The molecule has 15 heteroatoms. The van der Waals surface area contributed by atoms with E-state index < -0.39 is 22.1 Å². The third-order valence-electron chi connectivity index (χ3n) is 6.76. The maximum Gasteiger partial charge on any atom is 0.393 e. The minimum Gasteiger partial charge on any atom is -0.366 e. The number of hydrogen-bond donors (Lipinski definition) is 2. The molecule has 2 aliphatic heterocycles. The minimum absolute atomic E-state index is 0.0170. The molecule has 2 saturated heterocycles. The summed E-state index contributed by atoms with van der Waals surface area (Å²) in [4.78, 5) is 10.9. The number of nitrogens with zero attached hydrogens (tertiary/aromatic N) is 7. The smallest absolute Gasteiger partial charge is 0.366 e. The topological polar surface area (TPSA) is 138 Å². The predicted octanol–water partition coefficient (Wildman–Crippen LogP) is 2.01. The normalized spacial score (nSPS) is 21.1. The number of nitrogens with one attached hydrogen (secondary N) is 1. The molecule has 0 bridgehead atoms. The third kappa shape index (κ3) is 4.53. The number of anilines is 2. The highest BCUT2D eigenvalue weighted by Gasteiger charge is 2.43. The zero-order chi connectivity index (χ0) is 25.0. The Kier molecular flexibility index (Phi) is 5.86. The molecular formula is C20H26F3N9O2S. The molecule has 0 aromatic carbocycles. The number of nitrogens with two attached hydrogens (primary N) is 1. The van der Waals surface area contributed by atoms with E-state index in [2.05, 4.69) is 20.3 Å². The van der Waals surface area contributed by atoms with Crippen LogP contribution >= 0.6 is 0 Å². The number of hydrogen-bond acceptors (Lipinski definition) is 8. The average molecular weight is 514 g/mol. The van der Waals surface area contributed by atoms with Crippen molar-refractivity contribution < 1.29 is 21.6 Å². The van der Waals surface area contributed by atoms with Crippen LogP contribution in [0.1, 0.15) is 37.3 Å². The molecule has 190 valence electrons. The van der Waals surface area contributed by atoms with Gasteiger partial charge in [-0.15, -0.1) is 5.10 Å². The molecule has 0 saturated carbocycles. The summed E-state index contributed by atoms with van der Waals surface area (Å²) in [7, 11) is -3.30. The molecule has 0 amide bonds. The molecule has 0 radical (unpaired) electrons. The van der Waals surface area contributed by atoms with Gasteiger partial charge in [0.25, 0.3) is 0 Å². The molecule has 3 aromatic rings. The number of piperidine rings is 2. The maximum absolute atomic E-state index is 13.6. The number of fused-ring (bicyclic) bond motifs is 1. The fourth-order valence-electron chi connectivity index (χ4n) is 4.99. The maximum atomic E-state index is 13.6. The van der Waals surface area contributed by atoms with Crippen LogP contribution < -0.4 is 10.6 Å². The van der Waals surface area contributed by atoms with E-state index in [1.165, 1.54) is 15.1 Å². The highest BCUT2D eigenvalue weighted by molar-refractivity contribution is 7.88. The van der Waals surface area contributed by atoms with E-state index >= 15 is 0 Å². The molecule has 2 aliphatic rings. The molecular weight excluding hydrogens is 487 g/mol. The standard InChI is InChI=1S/C20H26F3N9O2S/c1-35(33,34)31-7-4-12(5-8-31)15-17-28-19(24)29-32(17)18(16(27-15)13-9-25-26-10-13)30-6-2-3-14(11-30)20(21,22)23/h9-10,12,14H,2-8,11H2,1H3,(H2,24,29)(H,25,26). The monoisotopic (exact) mass is 513 g/mol. The van der Waals surface area contributed by atoms with Crippen LogP contribution in [0.4, 0.5) is 24.9 Å². The lowest BCUT2D eigenvalue weighted by Gasteiger charge is -2.36. The van der Waals surface area contributed by atoms with Gasteiger partial charge in [0.05, 0.1) is 24.1 Å². The van der Waals surface area contributed by atoms with Gasteiger partial charge in [0.2, 0.25) is 16.0 Å². The van der Waals surface area contributed by atoms with Gasteiger partial charge >= 0.3 is 6.18 Å². The number of nitrogen functional groups attached to an aromatic ring is 1. The summed E-state index contributed by atoms with van der Waals surface area (Å²) in [5, 5.41) is 11.1. The van der Waals surface area contributed by atoms with Gasteiger partial charge in [0.15, 0.2) is 11.5 Å². The average Bonchev–Trinajstić information content (AvgIpc) is 3.46. The molecule has 0 spiro atoms. The highest BCUT2D eigenvalue weighted by Crippen LogP contribution is 2.40. The molecule has 1 atom stereocenters. The SMILES string of the molecule is CS(=O)(=O)N1CCC(c2nc(-c3cn[nH]c3)c(N3CCCC(C(F)(F)F)C3)n3nc(N)nc23)CC1. The lowest BCUT2D eigenvalue weighted by atomic mass is 9.94. The fraction of sp³-hybridized carbons (Fsp3) is 0.600. The van der Waals surface area contributed by atoms with E-state index in [0.717, 1.165) is 0 Å². The van der Waals surface area contributed by atoms with Crippen molar-refractivity contribution >= 4 is 27.4 Å². The van der Waals surface area contributed by atoms with Crippen molar-refractivity contribution in [2.45, 2.75) is 37.8 Å². The molecule has 0 aliphatic carbocycles. The lowest BCUT2D eigenvalue weighted by molar-refractivity contribution is -0.176. The Morgan fingerprint density at radius 2 is 1.89 bits per heavy atom. The van der Waals surface area contributed by atoms with Gasteiger partial charge in [0, 0.05) is 43.9 Å². The van der Waals surface area contributed by atoms with Crippen LogP contribution in [-0.2, 0) is 10.0 Å². The molecule has 5 rings (SSSR count). The van der Waals surface area contributed by atoms with Crippen LogP contribution in [0.2, 0.25) is 0 Å². The van der Waals surface area contributed by atoms with Crippen molar-refractivity contribution in [1.82, 2.24) is 34.1 Å². The Balaban J connectivity index is 1.62. The molecule has 1 unspecified atom stereocenters. The van der Waals surface area contributed by atoms with Crippen LogP contribution in [0.5, 0.6) is 0 Å². The summed E-state index contributed by atoms with van der Waals surface area (Å²) < 4.78 is 67.6. The fourth-order valence-corrected chi connectivity index (χ4v) is 5.87. The van der Waals surface area contributed by atoms with Gasteiger partial charge in [-0.1, -0.05) is 0 Å². The number of sulfonamides is 1. The van der Waals surface area contributed by atoms with Crippen molar-refractivity contribution in [3.63, 3.8) is 0 Å². The number of alkyl halides is 3. The van der Waals surface area contributed by atoms with Crippen LogP contribution in [0.3, 0.4) is 0 Å². The summed E-state index contributed by atoms with van der Waals surface area (Å²) in [6, 6.07) is 0. The first-order valence-corrected chi connectivity index (χ1v) is 13.2. The van der Waals surface area contributed by atoms with Crippen LogP contribution in [-0.4, -0.2) is 81.1 Å². The largest absolute Gasteiger partial charge is 0.393 e. The molecule has 3 N–H and O–H groups in total. The summed E-state index contributed by atoms with van der Waals surface area (Å²) in [5.74, 6) is -1.22. The number of aromatic amines is 1. The second-order valence-corrected chi connectivity index (χ2v) is 11.1. The van der Waals surface area contributed by atoms with Gasteiger partial charge in [-0.05, 0) is 25.7 Å². The minimum atomic E-state index is -4.31. The Morgan fingerprint density at radius 3 is 2.51 bits per heavy atom. The number of rotatable bonds is 4. The molecule has 35 heavy (non-hydrogen) atoms. The van der Waals surface area contributed by atoms with Gasteiger partial charge in [-0.3, -0.25) is 5.10 Å². The Bertz CT molecular complexity index is 1320. The highest BCUT2D eigenvalue weighted by atomic mass is 32.2. The van der Waals surface area contributed by atoms with E-state index in [9.17, 15) is 21.6 Å².